The Morgan fingerprint density at radius 1 is 1.50 bits per heavy atom. The van der Waals surface area contributed by atoms with Gasteiger partial charge in [-0.25, -0.2) is 0 Å². The molecule has 0 aromatic carbocycles. The molecule has 0 amide bonds. The van der Waals surface area contributed by atoms with Crippen LogP contribution in [0.25, 0.3) is 0 Å². The number of carbonyl (C=O) groups excluding carboxylic acids is 1. The number of rotatable bonds is 4. The third-order valence-corrected chi connectivity index (χ3v) is 2.41. The van der Waals surface area contributed by atoms with Crippen molar-refractivity contribution in [3.05, 3.63) is 23.3 Å². The monoisotopic (exact) mass is 194 g/mol. The van der Waals surface area contributed by atoms with Crippen molar-refractivity contribution >= 4 is 5.97 Å². The topological polar surface area (TPSA) is 26.3 Å². The zero-order valence-electron chi connectivity index (χ0n) is 9.01. The van der Waals surface area contributed by atoms with E-state index in [1.807, 2.05) is 19.9 Å². The van der Waals surface area contributed by atoms with Gasteiger partial charge in [0.15, 0.2) is 0 Å². The van der Waals surface area contributed by atoms with Crippen molar-refractivity contribution in [2.75, 3.05) is 6.61 Å². The van der Waals surface area contributed by atoms with E-state index in [0.29, 0.717) is 13.0 Å². The number of esters is 1. The summed E-state index contributed by atoms with van der Waals surface area (Å²) < 4.78 is 4.93. The Hall–Kier alpha value is -1.05. The summed E-state index contributed by atoms with van der Waals surface area (Å²) in [6.07, 6.45) is 7.97. The van der Waals surface area contributed by atoms with Gasteiger partial charge in [0.1, 0.15) is 0 Å². The normalized spacial score (nSPS) is 16.7. The second-order valence-corrected chi connectivity index (χ2v) is 3.46. The molecule has 0 aromatic rings. The Labute approximate surface area is 85.6 Å². The first-order chi connectivity index (χ1) is 6.77. The fourth-order valence-corrected chi connectivity index (χ4v) is 1.82. The van der Waals surface area contributed by atoms with Gasteiger partial charge >= 0.3 is 5.97 Å². The van der Waals surface area contributed by atoms with Crippen LogP contribution in [0, 0.1) is 0 Å². The second kappa shape index (κ2) is 5.63. The molecule has 0 saturated carbocycles. The first-order valence-corrected chi connectivity index (χ1v) is 5.27. The average molecular weight is 194 g/mol. The molecule has 0 atom stereocenters. The molecule has 0 saturated heterocycles. The maximum absolute atomic E-state index is 11.3. The zero-order chi connectivity index (χ0) is 10.4. The van der Waals surface area contributed by atoms with Crippen LogP contribution in [-0.2, 0) is 9.53 Å². The fourth-order valence-electron chi connectivity index (χ4n) is 1.82. The summed E-state index contributed by atoms with van der Waals surface area (Å²) in [5.41, 5.74) is 2.60. The van der Waals surface area contributed by atoms with Crippen molar-refractivity contribution in [1.29, 1.82) is 0 Å². The number of hydrogen-bond acceptors (Lipinski definition) is 2. The highest BCUT2D eigenvalue weighted by molar-refractivity contribution is 5.73. The molecule has 0 unspecified atom stereocenters. The first-order valence-electron chi connectivity index (χ1n) is 5.27. The third-order valence-electron chi connectivity index (χ3n) is 2.41. The Morgan fingerprint density at radius 2 is 2.29 bits per heavy atom. The molecule has 78 valence electrons. The van der Waals surface area contributed by atoms with Gasteiger partial charge < -0.3 is 4.74 Å². The van der Waals surface area contributed by atoms with Gasteiger partial charge in [-0.3, -0.25) is 4.79 Å². The molecule has 0 aliphatic heterocycles. The van der Waals surface area contributed by atoms with Crippen LogP contribution in [0.15, 0.2) is 23.3 Å². The number of allylic oxidation sites excluding steroid dienone is 3. The Kier molecular flexibility index (Phi) is 4.44. The highest BCUT2D eigenvalue weighted by Crippen LogP contribution is 2.29. The van der Waals surface area contributed by atoms with E-state index in [9.17, 15) is 4.79 Å². The van der Waals surface area contributed by atoms with Crippen molar-refractivity contribution in [1.82, 2.24) is 0 Å². The highest BCUT2D eigenvalue weighted by Gasteiger charge is 2.15. The first kappa shape index (κ1) is 11.0. The lowest BCUT2D eigenvalue weighted by atomic mass is 10.1. The standard InChI is InChI=1S/C12H18O2/c1-3-6-10-7-5-8-11(10)9-12(13)14-4-2/h3,6H,4-5,7-9H2,1-2H3/b6-3+. The molecule has 2 heteroatoms. The predicted octanol–water partition coefficient (Wildman–Crippen LogP) is 3.00. The Bertz CT molecular complexity index is 261. The van der Waals surface area contributed by atoms with E-state index in [2.05, 4.69) is 6.08 Å². The summed E-state index contributed by atoms with van der Waals surface area (Å²) in [4.78, 5) is 11.3. The highest BCUT2D eigenvalue weighted by atomic mass is 16.5. The number of carbonyl (C=O) groups is 1. The van der Waals surface area contributed by atoms with Gasteiger partial charge in [0, 0.05) is 0 Å². The van der Waals surface area contributed by atoms with Crippen LogP contribution in [0.4, 0.5) is 0 Å². The van der Waals surface area contributed by atoms with Gasteiger partial charge in [0.05, 0.1) is 13.0 Å². The zero-order valence-corrected chi connectivity index (χ0v) is 9.01. The molecule has 0 fully saturated rings. The lowest BCUT2D eigenvalue weighted by Crippen LogP contribution is -2.04. The van der Waals surface area contributed by atoms with Gasteiger partial charge in [-0.15, -0.1) is 0 Å². The third kappa shape index (κ3) is 3.02. The lowest BCUT2D eigenvalue weighted by molar-refractivity contribution is -0.142. The molecule has 0 bridgehead atoms. The molecule has 2 nitrogen and oxygen atoms in total. The largest absolute Gasteiger partial charge is 0.466 e. The quantitative estimate of drug-likeness (QED) is 0.643. The van der Waals surface area contributed by atoms with Crippen LogP contribution in [0.3, 0.4) is 0 Å². The summed E-state index contributed by atoms with van der Waals surface area (Å²) >= 11 is 0. The Balaban J connectivity index is 2.57. The molecular weight excluding hydrogens is 176 g/mol. The van der Waals surface area contributed by atoms with Crippen LogP contribution in [0.2, 0.25) is 0 Å². The van der Waals surface area contributed by atoms with E-state index < -0.39 is 0 Å². The van der Waals surface area contributed by atoms with Gasteiger partial charge in [-0.1, -0.05) is 17.7 Å². The van der Waals surface area contributed by atoms with Crippen LogP contribution < -0.4 is 0 Å². The van der Waals surface area contributed by atoms with Crippen molar-refractivity contribution < 1.29 is 9.53 Å². The second-order valence-electron chi connectivity index (χ2n) is 3.46. The molecule has 0 spiro atoms. The van der Waals surface area contributed by atoms with Crippen molar-refractivity contribution in [2.24, 2.45) is 0 Å². The number of hydrogen-bond donors (Lipinski definition) is 0. The Morgan fingerprint density at radius 3 is 2.93 bits per heavy atom. The molecule has 1 aliphatic carbocycles. The summed E-state index contributed by atoms with van der Waals surface area (Å²) in [5.74, 6) is -0.0913. The van der Waals surface area contributed by atoms with Crippen molar-refractivity contribution in [3.8, 4) is 0 Å². The van der Waals surface area contributed by atoms with Gasteiger partial charge in [0.25, 0.3) is 0 Å². The fraction of sp³-hybridized carbons (Fsp3) is 0.583. The van der Waals surface area contributed by atoms with E-state index in [4.69, 9.17) is 4.74 Å². The van der Waals surface area contributed by atoms with E-state index in [1.165, 1.54) is 17.6 Å². The minimum Gasteiger partial charge on any atom is -0.466 e. The summed E-state index contributed by atoms with van der Waals surface area (Å²) in [6, 6.07) is 0. The van der Waals surface area contributed by atoms with Crippen molar-refractivity contribution in [3.63, 3.8) is 0 Å². The molecule has 14 heavy (non-hydrogen) atoms. The maximum atomic E-state index is 11.3. The molecule has 0 heterocycles. The minimum atomic E-state index is -0.0913. The van der Waals surface area contributed by atoms with Gasteiger partial charge in [-0.2, -0.15) is 0 Å². The SMILES string of the molecule is C/C=C/C1=C(CC(=O)OCC)CCC1. The van der Waals surface area contributed by atoms with Crippen LogP contribution in [-0.4, -0.2) is 12.6 Å². The summed E-state index contributed by atoms with van der Waals surface area (Å²) in [5, 5.41) is 0. The smallest absolute Gasteiger partial charge is 0.309 e. The van der Waals surface area contributed by atoms with Crippen LogP contribution >= 0.6 is 0 Å². The molecule has 0 N–H and O–H groups in total. The van der Waals surface area contributed by atoms with E-state index in [1.54, 1.807) is 0 Å². The van der Waals surface area contributed by atoms with E-state index in [-0.39, 0.29) is 5.97 Å². The van der Waals surface area contributed by atoms with E-state index in [0.717, 1.165) is 12.8 Å². The predicted molar refractivity (Wildman–Crippen MR) is 56.9 cm³/mol. The van der Waals surface area contributed by atoms with Crippen LogP contribution in [0.1, 0.15) is 39.5 Å². The molecule has 1 aliphatic rings. The van der Waals surface area contributed by atoms with Gasteiger partial charge in [0.2, 0.25) is 0 Å². The average Bonchev–Trinajstić information content (AvgIpc) is 2.54. The summed E-state index contributed by atoms with van der Waals surface area (Å²) in [7, 11) is 0. The molecule has 0 radical (unpaired) electrons. The summed E-state index contributed by atoms with van der Waals surface area (Å²) in [6.45, 7) is 4.33. The molecular formula is C12H18O2. The minimum absolute atomic E-state index is 0.0913. The lowest BCUT2D eigenvalue weighted by Gasteiger charge is -2.03. The molecule has 1 rings (SSSR count). The van der Waals surface area contributed by atoms with Crippen molar-refractivity contribution in [2.45, 2.75) is 39.5 Å². The molecule has 0 aromatic heterocycles. The number of ether oxygens (including phenoxy) is 1. The van der Waals surface area contributed by atoms with E-state index >= 15 is 0 Å². The van der Waals surface area contributed by atoms with Gasteiger partial charge in [-0.05, 0) is 38.7 Å². The van der Waals surface area contributed by atoms with Crippen LogP contribution in [0.5, 0.6) is 0 Å². The maximum Gasteiger partial charge on any atom is 0.309 e.